The van der Waals surface area contributed by atoms with Crippen LogP contribution >= 0.6 is 0 Å². The molecule has 0 aliphatic heterocycles. The summed E-state index contributed by atoms with van der Waals surface area (Å²) in [5.74, 6) is 0.101. The van der Waals surface area contributed by atoms with Gasteiger partial charge in [-0.1, -0.05) is 54.6 Å². The molecule has 0 aliphatic rings. The Kier molecular flexibility index (Phi) is 8.03. The minimum atomic E-state index is -3.65. The highest BCUT2D eigenvalue weighted by Crippen LogP contribution is 2.29. The van der Waals surface area contributed by atoms with E-state index in [1.165, 1.54) is 0 Å². The molecule has 0 radical (unpaired) electrons. The third kappa shape index (κ3) is 6.98. The van der Waals surface area contributed by atoms with Gasteiger partial charge in [0.1, 0.15) is 0 Å². The molecule has 196 valence electrons. The molecule has 8 nitrogen and oxygen atoms in total. The summed E-state index contributed by atoms with van der Waals surface area (Å²) < 4.78 is 53.6. The van der Waals surface area contributed by atoms with Crippen molar-refractivity contribution in [3.8, 4) is 5.75 Å². The summed E-state index contributed by atoms with van der Waals surface area (Å²) in [5.41, 5.74) is 2.84. The van der Waals surface area contributed by atoms with Crippen molar-refractivity contribution in [2.45, 2.75) is 36.1 Å². The molecule has 2 atom stereocenters. The first-order valence-electron chi connectivity index (χ1n) is 11.8. The summed E-state index contributed by atoms with van der Waals surface area (Å²) in [6, 6.07) is 20.5. The fourth-order valence-corrected chi connectivity index (χ4v) is 6.06. The van der Waals surface area contributed by atoms with Crippen LogP contribution in [0, 0.1) is 0 Å². The molecule has 3 N–H and O–H groups in total. The average molecular weight is 543 g/mol. The summed E-state index contributed by atoms with van der Waals surface area (Å²) in [6.07, 6.45) is 2.64. The van der Waals surface area contributed by atoms with Gasteiger partial charge in [-0.25, -0.2) is 8.42 Å². The molecule has 37 heavy (non-hydrogen) atoms. The second kappa shape index (κ2) is 11.1. The van der Waals surface area contributed by atoms with Gasteiger partial charge in [-0.05, 0) is 48.2 Å². The smallest absolute Gasteiger partial charge is 0.306 e. The van der Waals surface area contributed by atoms with Gasteiger partial charge in [0.15, 0.2) is 15.6 Å². The lowest BCUT2D eigenvalue weighted by Gasteiger charge is -2.18. The van der Waals surface area contributed by atoms with Crippen LogP contribution < -0.4 is 9.50 Å². The van der Waals surface area contributed by atoms with Crippen LogP contribution in [0.2, 0.25) is 0 Å². The highest BCUT2D eigenvalue weighted by atomic mass is 32.2. The fraction of sp³-hybridized carbons (Fsp3) is 0.259. The molecular weight excluding hydrogens is 512 g/mol. The quantitative estimate of drug-likeness (QED) is 0.247. The van der Waals surface area contributed by atoms with E-state index in [1.807, 2.05) is 19.2 Å². The number of aromatic amines is 1. The Morgan fingerprint density at radius 1 is 0.973 bits per heavy atom. The highest BCUT2D eigenvalue weighted by Gasteiger charge is 2.18. The Balaban J connectivity index is 1.38. The molecule has 10 heteroatoms. The number of rotatable bonds is 11. The first-order chi connectivity index (χ1) is 17.5. The second-order valence-electron chi connectivity index (χ2n) is 9.13. The SMILES string of the molecule is C[C@H](Cc1c[nH]c2c(OS(C)(=O)=O)cccc12)NC[C@H](O)c1cccc(CS(=O)(=O)c2ccccc2)c1. The number of fused-ring (bicyclic) bond motifs is 1. The number of aromatic nitrogens is 1. The van der Waals surface area contributed by atoms with E-state index >= 15 is 0 Å². The van der Waals surface area contributed by atoms with E-state index < -0.39 is 26.1 Å². The Hall–Kier alpha value is -3.18. The van der Waals surface area contributed by atoms with Crippen LogP contribution in [0.5, 0.6) is 5.75 Å². The van der Waals surface area contributed by atoms with E-state index in [0.717, 1.165) is 17.2 Å². The van der Waals surface area contributed by atoms with E-state index in [9.17, 15) is 21.9 Å². The van der Waals surface area contributed by atoms with Crippen LogP contribution in [0.3, 0.4) is 0 Å². The lowest BCUT2D eigenvalue weighted by atomic mass is 10.0. The van der Waals surface area contributed by atoms with Crippen molar-refractivity contribution in [1.29, 1.82) is 0 Å². The van der Waals surface area contributed by atoms with E-state index in [2.05, 4.69) is 10.3 Å². The number of hydrogen-bond donors (Lipinski definition) is 3. The summed E-state index contributed by atoms with van der Waals surface area (Å²) in [6.45, 7) is 2.27. The molecule has 1 aromatic heterocycles. The predicted octanol–water partition coefficient (Wildman–Crippen LogP) is 3.73. The molecule has 0 aliphatic carbocycles. The molecule has 1 heterocycles. The number of sulfone groups is 1. The summed E-state index contributed by atoms with van der Waals surface area (Å²) in [7, 11) is -7.13. The number of aliphatic hydroxyl groups excluding tert-OH is 1. The topological polar surface area (TPSA) is 126 Å². The number of benzene rings is 3. The molecule has 0 bridgehead atoms. The Bertz CT molecular complexity index is 1580. The Morgan fingerprint density at radius 3 is 2.43 bits per heavy atom. The third-order valence-electron chi connectivity index (χ3n) is 5.98. The lowest BCUT2D eigenvalue weighted by Crippen LogP contribution is -2.32. The van der Waals surface area contributed by atoms with Crippen molar-refractivity contribution in [3.05, 3.63) is 95.7 Å². The standard InChI is InChI=1S/C27H30N2O6S2/c1-19(14-22-16-29-27-24(22)12-7-13-26(27)35-36(2,31)32)28-17-25(30)21-9-6-8-20(15-21)18-37(33,34)23-10-4-3-5-11-23/h3-13,15-16,19,25,28-30H,14,17-18H2,1-2H3/t19-,25+/m1/s1. The average Bonchev–Trinajstić information content (AvgIpc) is 3.26. The van der Waals surface area contributed by atoms with Crippen LogP contribution in [0.15, 0.2) is 83.9 Å². The lowest BCUT2D eigenvalue weighted by molar-refractivity contribution is 0.170. The molecule has 0 amide bonds. The van der Waals surface area contributed by atoms with E-state index in [4.69, 9.17) is 4.18 Å². The van der Waals surface area contributed by atoms with E-state index in [0.29, 0.717) is 23.1 Å². The van der Waals surface area contributed by atoms with Gasteiger partial charge in [-0.15, -0.1) is 0 Å². The van der Waals surface area contributed by atoms with Crippen LogP contribution in [-0.4, -0.2) is 45.8 Å². The van der Waals surface area contributed by atoms with Gasteiger partial charge < -0.3 is 19.6 Å². The molecule has 0 fully saturated rings. The zero-order valence-electron chi connectivity index (χ0n) is 20.6. The maximum absolute atomic E-state index is 12.7. The molecule has 0 spiro atoms. The number of para-hydroxylation sites is 1. The fourth-order valence-electron chi connectivity index (χ4n) is 4.24. The summed E-state index contributed by atoms with van der Waals surface area (Å²) in [5, 5.41) is 14.9. The van der Waals surface area contributed by atoms with Gasteiger partial charge in [0, 0.05) is 24.2 Å². The number of nitrogens with one attached hydrogen (secondary N) is 2. The van der Waals surface area contributed by atoms with Crippen molar-refractivity contribution in [3.63, 3.8) is 0 Å². The third-order valence-corrected chi connectivity index (χ3v) is 8.17. The van der Waals surface area contributed by atoms with Gasteiger partial charge in [0.25, 0.3) is 0 Å². The van der Waals surface area contributed by atoms with E-state index in [-0.39, 0.29) is 29.0 Å². The molecule has 3 aromatic carbocycles. The molecule has 4 aromatic rings. The normalized spacial score (nSPS) is 13.9. The highest BCUT2D eigenvalue weighted by molar-refractivity contribution is 7.90. The molecular formula is C27H30N2O6S2. The van der Waals surface area contributed by atoms with Crippen molar-refractivity contribution < 1.29 is 26.1 Å². The number of hydrogen-bond acceptors (Lipinski definition) is 7. The summed E-state index contributed by atoms with van der Waals surface area (Å²) >= 11 is 0. The number of aliphatic hydroxyl groups is 1. The minimum absolute atomic E-state index is 0.00484. The minimum Gasteiger partial charge on any atom is -0.387 e. The van der Waals surface area contributed by atoms with Gasteiger partial charge in [0.05, 0.1) is 28.5 Å². The number of H-pyrrole nitrogens is 1. The zero-order valence-corrected chi connectivity index (χ0v) is 22.2. The van der Waals surface area contributed by atoms with Gasteiger partial charge in [0.2, 0.25) is 0 Å². The maximum Gasteiger partial charge on any atom is 0.306 e. The second-order valence-corrected chi connectivity index (χ2v) is 12.7. The first kappa shape index (κ1) is 26.9. The first-order valence-corrected chi connectivity index (χ1v) is 15.3. The maximum atomic E-state index is 12.7. The van der Waals surface area contributed by atoms with Crippen molar-refractivity contribution >= 4 is 30.9 Å². The van der Waals surface area contributed by atoms with Crippen LogP contribution in [0.25, 0.3) is 10.9 Å². The van der Waals surface area contributed by atoms with Crippen molar-refractivity contribution in [2.24, 2.45) is 0 Å². The molecule has 4 rings (SSSR count). The van der Waals surface area contributed by atoms with E-state index in [1.54, 1.807) is 66.7 Å². The molecule has 0 unspecified atom stereocenters. The van der Waals surface area contributed by atoms with Crippen LogP contribution in [0.4, 0.5) is 0 Å². The van der Waals surface area contributed by atoms with Gasteiger partial charge in [-0.2, -0.15) is 8.42 Å². The Labute approximate surface area is 217 Å². The predicted molar refractivity (Wildman–Crippen MR) is 144 cm³/mol. The molecule has 0 saturated heterocycles. The van der Waals surface area contributed by atoms with Crippen molar-refractivity contribution in [2.75, 3.05) is 12.8 Å². The van der Waals surface area contributed by atoms with Crippen molar-refractivity contribution in [1.82, 2.24) is 10.3 Å². The monoisotopic (exact) mass is 542 g/mol. The zero-order chi connectivity index (χ0) is 26.6. The largest absolute Gasteiger partial charge is 0.387 e. The van der Waals surface area contributed by atoms with Crippen LogP contribution in [0.1, 0.15) is 29.7 Å². The molecule has 0 saturated carbocycles. The van der Waals surface area contributed by atoms with Gasteiger partial charge in [-0.3, -0.25) is 0 Å². The van der Waals surface area contributed by atoms with Crippen LogP contribution in [-0.2, 0) is 32.1 Å². The summed E-state index contributed by atoms with van der Waals surface area (Å²) in [4.78, 5) is 3.36. The van der Waals surface area contributed by atoms with Gasteiger partial charge >= 0.3 is 10.1 Å². The Morgan fingerprint density at radius 2 is 1.70 bits per heavy atom.